The smallest absolute Gasteiger partial charge is 0.230 e. The van der Waals surface area contributed by atoms with Gasteiger partial charge in [0.15, 0.2) is 0 Å². The standard InChI is InChI=1S/C16H18O3S2/c1-13-6-8-16(9-7-13)21(17,18)20-11-10-14-4-3-5-15(12-14)19-2/h3-9,12H,10-11H2,1-2H3. The minimum atomic E-state index is -3.28. The fraction of sp³-hybridized carbons (Fsp3) is 0.250. The lowest BCUT2D eigenvalue weighted by molar-refractivity contribution is 0.414. The predicted octanol–water partition coefficient (Wildman–Crippen LogP) is 3.67. The molecular weight excluding hydrogens is 304 g/mol. The first-order chi connectivity index (χ1) is 10.0. The van der Waals surface area contributed by atoms with Crippen molar-refractivity contribution in [3.05, 3.63) is 59.7 Å². The molecule has 112 valence electrons. The summed E-state index contributed by atoms with van der Waals surface area (Å²) in [6.07, 6.45) is 0.687. The minimum Gasteiger partial charge on any atom is -0.497 e. The summed E-state index contributed by atoms with van der Waals surface area (Å²) in [7, 11) is -0.679. The zero-order chi connectivity index (χ0) is 15.3. The van der Waals surface area contributed by atoms with Gasteiger partial charge >= 0.3 is 0 Å². The third-order valence-electron chi connectivity index (χ3n) is 3.07. The molecule has 0 atom stereocenters. The van der Waals surface area contributed by atoms with Crippen molar-refractivity contribution in [2.45, 2.75) is 18.2 Å². The van der Waals surface area contributed by atoms with Crippen LogP contribution in [0.3, 0.4) is 0 Å². The summed E-state index contributed by atoms with van der Waals surface area (Å²) >= 11 is 0. The number of benzene rings is 2. The Balaban J connectivity index is 1.97. The summed E-state index contributed by atoms with van der Waals surface area (Å²) in [5.74, 6) is 1.31. The van der Waals surface area contributed by atoms with Crippen LogP contribution in [-0.2, 0) is 15.3 Å². The summed E-state index contributed by atoms with van der Waals surface area (Å²) in [6, 6.07) is 14.6. The molecule has 5 heteroatoms. The molecule has 0 bridgehead atoms. The lowest BCUT2D eigenvalue weighted by atomic mass is 10.2. The maximum atomic E-state index is 12.2. The van der Waals surface area contributed by atoms with E-state index in [1.165, 1.54) is 0 Å². The highest BCUT2D eigenvalue weighted by Gasteiger charge is 2.14. The molecule has 3 nitrogen and oxygen atoms in total. The molecule has 0 N–H and O–H groups in total. The Labute approximate surface area is 129 Å². The summed E-state index contributed by atoms with van der Waals surface area (Å²) in [5, 5.41) is 0. The molecule has 0 radical (unpaired) electrons. The van der Waals surface area contributed by atoms with E-state index in [1.54, 1.807) is 19.2 Å². The molecule has 2 aromatic rings. The van der Waals surface area contributed by atoms with Gasteiger partial charge in [-0.25, -0.2) is 8.42 Å². The van der Waals surface area contributed by atoms with Crippen LogP contribution in [0.4, 0.5) is 0 Å². The predicted molar refractivity (Wildman–Crippen MR) is 87.5 cm³/mol. The lowest BCUT2D eigenvalue weighted by Crippen LogP contribution is -1.99. The van der Waals surface area contributed by atoms with Crippen LogP contribution in [0.25, 0.3) is 0 Å². The second-order valence-corrected chi connectivity index (χ2v) is 8.74. The van der Waals surface area contributed by atoms with Crippen molar-refractivity contribution >= 4 is 19.7 Å². The van der Waals surface area contributed by atoms with Crippen molar-refractivity contribution in [1.82, 2.24) is 0 Å². The molecule has 0 spiro atoms. The van der Waals surface area contributed by atoms with Crippen LogP contribution in [0.15, 0.2) is 53.4 Å². The molecule has 0 saturated carbocycles. The van der Waals surface area contributed by atoms with Crippen molar-refractivity contribution < 1.29 is 13.2 Å². The van der Waals surface area contributed by atoms with Crippen molar-refractivity contribution in [2.24, 2.45) is 0 Å². The van der Waals surface area contributed by atoms with Gasteiger partial charge in [0.05, 0.1) is 12.0 Å². The maximum Gasteiger partial charge on any atom is 0.230 e. The first-order valence-corrected chi connectivity index (χ1v) is 9.59. The Morgan fingerprint density at radius 1 is 1.10 bits per heavy atom. The Kier molecular flexibility index (Phi) is 5.31. The number of hydrogen-bond acceptors (Lipinski definition) is 4. The molecule has 0 aliphatic carbocycles. The molecule has 2 aromatic carbocycles. The monoisotopic (exact) mass is 322 g/mol. The van der Waals surface area contributed by atoms with E-state index in [2.05, 4.69) is 0 Å². The van der Waals surface area contributed by atoms with E-state index in [0.717, 1.165) is 27.7 Å². The van der Waals surface area contributed by atoms with Crippen LogP contribution in [0.5, 0.6) is 5.75 Å². The molecule has 0 amide bonds. The van der Waals surface area contributed by atoms with Gasteiger partial charge < -0.3 is 4.74 Å². The van der Waals surface area contributed by atoms with Crippen LogP contribution in [0.1, 0.15) is 11.1 Å². The van der Waals surface area contributed by atoms with Crippen LogP contribution in [0, 0.1) is 6.92 Å². The SMILES string of the molecule is COc1cccc(CCSS(=O)(=O)c2ccc(C)cc2)c1. The summed E-state index contributed by atoms with van der Waals surface area (Å²) in [5.41, 5.74) is 2.12. The van der Waals surface area contributed by atoms with Crippen LogP contribution < -0.4 is 4.74 Å². The fourth-order valence-corrected chi connectivity index (χ4v) is 4.66. The highest BCUT2D eigenvalue weighted by molar-refractivity contribution is 8.72. The van der Waals surface area contributed by atoms with Gasteiger partial charge in [-0.05, 0) is 54.0 Å². The maximum absolute atomic E-state index is 12.2. The second-order valence-electron chi connectivity index (χ2n) is 4.69. The number of methoxy groups -OCH3 is 1. The van der Waals surface area contributed by atoms with E-state index in [-0.39, 0.29) is 0 Å². The Morgan fingerprint density at radius 3 is 2.48 bits per heavy atom. The average molecular weight is 322 g/mol. The topological polar surface area (TPSA) is 43.4 Å². The molecule has 0 aromatic heterocycles. The molecule has 0 aliphatic heterocycles. The van der Waals surface area contributed by atoms with Crippen molar-refractivity contribution in [2.75, 3.05) is 12.9 Å². The Hall–Kier alpha value is -1.46. The third-order valence-corrected chi connectivity index (χ3v) is 6.61. The van der Waals surface area contributed by atoms with Crippen molar-refractivity contribution in [3.8, 4) is 5.75 Å². The van der Waals surface area contributed by atoms with Gasteiger partial charge in [0, 0.05) is 5.75 Å². The highest BCUT2D eigenvalue weighted by Crippen LogP contribution is 2.24. The zero-order valence-corrected chi connectivity index (χ0v) is 13.7. The van der Waals surface area contributed by atoms with Crippen LogP contribution in [-0.4, -0.2) is 21.3 Å². The quantitative estimate of drug-likeness (QED) is 0.761. The van der Waals surface area contributed by atoms with Gasteiger partial charge in [-0.15, -0.1) is 0 Å². The third kappa shape index (κ3) is 4.51. The van der Waals surface area contributed by atoms with Gasteiger partial charge in [0.25, 0.3) is 0 Å². The van der Waals surface area contributed by atoms with Gasteiger partial charge in [-0.2, -0.15) is 0 Å². The van der Waals surface area contributed by atoms with E-state index < -0.39 is 8.87 Å². The van der Waals surface area contributed by atoms with E-state index in [1.807, 2.05) is 43.3 Å². The first-order valence-electron chi connectivity index (χ1n) is 6.60. The average Bonchev–Trinajstić information content (AvgIpc) is 2.48. The molecule has 2 rings (SSSR count). The van der Waals surface area contributed by atoms with Gasteiger partial charge in [0.1, 0.15) is 5.75 Å². The fourth-order valence-electron chi connectivity index (χ4n) is 1.87. The largest absolute Gasteiger partial charge is 0.497 e. The Morgan fingerprint density at radius 2 is 1.81 bits per heavy atom. The van der Waals surface area contributed by atoms with Crippen molar-refractivity contribution in [3.63, 3.8) is 0 Å². The zero-order valence-electron chi connectivity index (χ0n) is 12.1. The molecule has 0 aliphatic rings. The molecule has 0 unspecified atom stereocenters. The second kappa shape index (κ2) is 7.00. The normalized spacial score (nSPS) is 11.3. The van der Waals surface area contributed by atoms with Crippen LogP contribution >= 0.6 is 10.8 Å². The molecular formula is C16H18O3S2. The van der Waals surface area contributed by atoms with E-state index in [9.17, 15) is 8.42 Å². The first kappa shape index (κ1) is 15.9. The van der Waals surface area contributed by atoms with Gasteiger partial charge in [0.2, 0.25) is 8.87 Å². The lowest BCUT2D eigenvalue weighted by Gasteiger charge is -2.06. The molecule has 0 heterocycles. The minimum absolute atomic E-state index is 0.365. The van der Waals surface area contributed by atoms with Crippen LogP contribution in [0.2, 0.25) is 0 Å². The van der Waals surface area contributed by atoms with Crippen molar-refractivity contribution in [1.29, 1.82) is 0 Å². The number of aryl methyl sites for hydroxylation is 2. The molecule has 0 saturated heterocycles. The van der Waals surface area contributed by atoms with E-state index in [4.69, 9.17) is 4.74 Å². The highest BCUT2D eigenvalue weighted by atomic mass is 33.1. The van der Waals surface area contributed by atoms with E-state index in [0.29, 0.717) is 17.1 Å². The number of hydrogen-bond donors (Lipinski definition) is 0. The molecule has 0 fully saturated rings. The van der Waals surface area contributed by atoms with E-state index >= 15 is 0 Å². The number of rotatable bonds is 6. The molecule has 21 heavy (non-hydrogen) atoms. The van der Waals surface area contributed by atoms with Gasteiger partial charge in [-0.1, -0.05) is 29.8 Å². The summed E-state index contributed by atoms with van der Waals surface area (Å²) in [4.78, 5) is 0.365. The van der Waals surface area contributed by atoms with Gasteiger partial charge in [-0.3, -0.25) is 0 Å². The summed E-state index contributed by atoms with van der Waals surface area (Å²) < 4.78 is 29.5. The number of ether oxygens (including phenoxy) is 1. The summed E-state index contributed by atoms with van der Waals surface area (Å²) in [6.45, 7) is 1.94. The Bertz CT molecular complexity index is 692.